The van der Waals surface area contributed by atoms with Crippen LogP contribution in [0.15, 0.2) is 0 Å². The quantitative estimate of drug-likeness (QED) is 0.442. The van der Waals surface area contributed by atoms with E-state index in [1.54, 1.807) is 0 Å². The van der Waals surface area contributed by atoms with E-state index in [2.05, 4.69) is 6.92 Å². The maximum atomic E-state index is 8.89. The molecule has 0 aliphatic carbocycles. The smallest absolute Gasteiger partial charge is 0.503 e. The maximum absolute atomic E-state index is 8.89. The first kappa shape index (κ1) is 39.0. The van der Waals surface area contributed by atoms with Gasteiger partial charge in [0.25, 0.3) is 0 Å². The Morgan fingerprint density at radius 3 is 1.38 bits per heavy atom. The predicted octanol–water partition coefficient (Wildman–Crippen LogP) is 0.422. The fourth-order valence-corrected chi connectivity index (χ4v) is 0. The average Bonchev–Trinajstić information content (AvgIpc) is 0.811. The van der Waals surface area contributed by atoms with Crippen LogP contribution >= 0.6 is 0 Å². The van der Waals surface area contributed by atoms with E-state index in [1.165, 1.54) is 0 Å². The Labute approximate surface area is 78.5 Å². The first-order chi connectivity index (χ1) is 1.73. The van der Waals surface area contributed by atoms with Crippen molar-refractivity contribution >= 4 is 14.4 Å². The van der Waals surface area contributed by atoms with E-state index in [-0.39, 0.29) is 56.0 Å². The maximum Gasteiger partial charge on any atom is 3.00 e. The molecule has 0 rings (SSSR count). The number of hydrogen-bond acceptors (Lipinski definition) is 1. The normalized spacial score (nSPS) is 3.00. The fraction of sp³-hybridized carbons (Fsp3) is 0. The van der Waals surface area contributed by atoms with Gasteiger partial charge in [0.1, 0.15) is 0 Å². The van der Waals surface area contributed by atoms with Gasteiger partial charge in [-0.3, -0.25) is 11.7 Å². The molecule has 0 saturated heterocycles. The SMILES string of the molecule is [B].[CH2-]C(=O)O.[CH3-].[CH3-].[Y+3]. The molecule has 0 unspecified atom stereocenters. The summed E-state index contributed by atoms with van der Waals surface area (Å²) in [6.07, 6.45) is 0. The minimum absolute atomic E-state index is 0. The van der Waals surface area contributed by atoms with E-state index in [4.69, 9.17) is 9.90 Å². The molecular weight excluding hydrogens is 180 g/mol. The van der Waals surface area contributed by atoms with Crippen LogP contribution in [0.3, 0.4) is 0 Å². The van der Waals surface area contributed by atoms with Crippen molar-refractivity contribution in [1.82, 2.24) is 0 Å². The Balaban J connectivity index is -0.00000000750. The van der Waals surface area contributed by atoms with Gasteiger partial charge in [-0.15, -0.1) is 0 Å². The molecule has 0 spiro atoms. The van der Waals surface area contributed by atoms with Gasteiger partial charge in [0, 0.05) is 8.41 Å². The van der Waals surface area contributed by atoms with Crippen LogP contribution in [-0.2, 0) is 37.5 Å². The molecule has 8 heavy (non-hydrogen) atoms. The first-order valence-corrected chi connectivity index (χ1v) is 0.781. The van der Waals surface area contributed by atoms with Crippen LogP contribution in [-0.4, -0.2) is 19.5 Å². The second kappa shape index (κ2) is 25.8. The second-order valence-corrected chi connectivity index (χ2v) is 0.394. The van der Waals surface area contributed by atoms with Gasteiger partial charge >= 0.3 is 32.7 Å². The van der Waals surface area contributed by atoms with Crippen molar-refractivity contribution in [3.8, 4) is 0 Å². The van der Waals surface area contributed by atoms with Crippen LogP contribution < -0.4 is 0 Å². The summed E-state index contributed by atoms with van der Waals surface area (Å²) in [7, 11) is 0. The Morgan fingerprint density at radius 2 is 1.38 bits per heavy atom. The molecule has 0 aromatic rings. The van der Waals surface area contributed by atoms with Crippen molar-refractivity contribution in [3.05, 3.63) is 21.8 Å². The van der Waals surface area contributed by atoms with E-state index in [0.717, 1.165) is 0 Å². The van der Waals surface area contributed by atoms with Gasteiger partial charge in [0.15, 0.2) is 5.97 Å². The summed E-state index contributed by atoms with van der Waals surface area (Å²) in [5.74, 6) is -1.08. The average molecular weight is 189 g/mol. The molecule has 3 radical (unpaired) electrons. The van der Waals surface area contributed by atoms with Gasteiger partial charge in [-0.05, 0) is 0 Å². The molecule has 0 fully saturated rings. The van der Waals surface area contributed by atoms with Gasteiger partial charge in [-0.25, -0.2) is 0 Å². The van der Waals surface area contributed by atoms with E-state index in [0.29, 0.717) is 0 Å². The van der Waals surface area contributed by atoms with E-state index >= 15 is 0 Å². The Morgan fingerprint density at radius 1 is 1.38 bits per heavy atom. The molecule has 0 aliphatic heterocycles. The summed E-state index contributed by atoms with van der Waals surface area (Å²) in [5, 5.41) is 7.31. The zero-order chi connectivity index (χ0) is 3.58. The number of carbonyl (C=O) groups is 1. The third kappa shape index (κ3) is 763. The molecule has 0 amide bonds. The van der Waals surface area contributed by atoms with E-state index in [1.807, 2.05) is 0 Å². The number of hydrogen-bond donors (Lipinski definition) is 1. The van der Waals surface area contributed by atoms with Crippen molar-refractivity contribution in [3.63, 3.8) is 0 Å². The number of rotatable bonds is 0. The molecule has 0 aromatic heterocycles. The van der Waals surface area contributed by atoms with E-state index < -0.39 is 5.97 Å². The number of carboxylic acids is 1. The molecule has 0 heterocycles. The predicted molar refractivity (Wildman–Crippen MR) is 31.6 cm³/mol. The molecule has 1 N–H and O–H groups in total. The molecule has 0 aliphatic rings. The topological polar surface area (TPSA) is 37.3 Å². The minimum atomic E-state index is -1.08. The monoisotopic (exact) mass is 189 g/mol. The van der Waals surface area contributed by atoms with Crippen molar-refractivity contribution in [2.24, 2.45) is 0 Å². The third-order valence-electron chi connectivity index (χ3n) is 0. The van der Waals surface area contributed by atoms with E-state index in [9.17, 15) is 0 Å². The zero-order valence-electron chi connectivity index (χ0n) is 5.22. The summed E-state index contributed by atoms with van der Waals surface area (Å²) in [5.41, 5.74) is 0. The van der Waals surface area contributed by atoms with Crippen LogP contribution in [0.2, 0.25) is 0 Å². The Hall–Kier alpha value is 0.509. The van der Waals surface area contributed by atoms with Gasteiger partial charge < -0.3 is 20.0 Å². The molecule has 43 valence electrons. The van der Waals surface area contributed by atoms with Crippen molar-refractivity contribution < 1.29 is 42.6 Å². The summed E-state index contributed by atoms with van der Waals surface area (Å²) in [4.78, 5) is 8.89. The summed E-state index contributed by atoms with van der Waals surface area (Å²) >= 11 is 0. The number of aliphatic carboxylic acids is 1. The van der Waals surface area contributed by atoms with Gasteiger partial charge in [0.2, 0.25) is 0 Å². The summed E-state index contributed by atoms with van der Waals surface area (Å²) < 4.78 is 0. The van der Waals surface area contributed by atoms with Crippen LogP contribution in [0.25, 0.3) is 0 Å². The van der Waals surface area contributed by atoms with Gasteiger partial charge in [-0.1, -0.05) is 0 Å². The second-order valence-electron chi connectivity index (χ2n) is 0.394. The van der Waals surface area contributed by atoms with Crippen molar-refractivity contribution in [2.45, 2.75) is 0 Å². The number of carboxylic acid groups (broad SMARTS) is 1. The molecule has 4 heteroatoms. The zero-order valence-corrected chi connectivity index (χ0v) is 8.06. The standard InChI is InChI=1S/C2H3O2.2CH3.B.Y/c1-2(3)4;;;;/h1H2,(H,3,4);2*1H3;;/q3*-1;;+3. The Bertz CT molecular complexity index is 37.0. The largest absolute Gasteiger partial charge is 3.00 e. The molecule has 2 nitrogen and oxygen atoms in total. The summed E-state index contributed by atoms with van der Waals surface area (Å²) in [6, 6.07) is 0. The third-order valence-corrected chi connectivity index (χ3v) is 0. The molecule has 0 saturated carbocycles. The van der Waals surface area contributed by atoms with Gasteiger partial charge in [-0.2, -0.15) is 0 Å². The van der Waals surface area contributed by atoms with Crippen molar-refractivity contribution in [2.75, 3.05) is 0 Å². The van der Waals surface area contributed by atoms with Gasteiger partial charge in [0.05, 0.1) is 0 Å². The molecular formula is C4H9BO2Y. The summed E-state index contributed by atoms with van der Waals surface area (Å²) in [6.45, 7) is 2.56. The molecule has 0 aromatic carbocycles. The van der Waals surface area contributed by atoms with Crippen LogP contribution in [0.4, 0.5) is 0 Å². The fourth-order valence-electron chi connectivity index (χ4n) is 0. The molecule has 0 bridgehead atoms. The van der Waals surface area contributed by atoms with Crippen LogP contribution in [0.5, 0.6) is 0 Å². The Kier molecular flexibility index (Phi) is 126. The minimum Gasteiger partial charge on any atom is -0.503 e. The van der Waals surface area contributed by atoms with Crippen LogP contribution in [0.1, 0.15) is 0 Å². The molecule has 0 atom stereocenters. The van der Waals surface area contributed by atoms with Crippen molar-refractivity contribution in [1.29, 1.82) is 0 Å². The first-order valence-electron chi connectivity index (χ1n) is 0.781. The van der Waals surface area contributed by atoms with Crippen LogP contribution in [0, 0.1) is 21.8 Å².